The number of benzene rings is 6. The van der Waals surface area contributed by atoms with E-state index in [-0.39, 0.29) is 47.3 Å². The summed E-state index contributed by atoms with van der Waals surface area (Å²) in [5, 5.41) is 3.88. The molecule has 18 heteroatoms. The van der Waals surface area contributed by atoms with Crippen molar-refractivity contribution in [2.45, 2.75) is 89.0 Å². The summed E-state index contributed by atoms with van der Waals surface area (Å²) in [7, 11) is -4.46. The highest BCUT2D eigenvalue weighted by Gasteiger charge is 2.29. The van der Waals surface area contributed by atoms with Gasteiger partial charge >= 0.3 is 0 Å². The van der Waals surface area contributed by atoms with Crippen LogP contribution in [0, 0.1) is 0 Å². The van der Waals surface area contributed by atoms with Crippen molar-refractivity contribution in [3.63, 3.8) is 0 Å². The average Bonchev–Trinajstić information content (AvgIpc) is 3.41. The highest BCUT2D eigenvalue weighted by atomic mass is 28.4. The molecule has 430 valence electrons. The minimum absolute atomic E-state index is 0. The molecule has 6 aromatic carbocycles. The summed E-state index contributed by atoms with van der Waals surface area (Å²) >= 11 is 0. The second-order valence-corrected chi connectivity index (χ2v) is 28.8. The van der Waals surface area contributed by atoms with Crippen molar-refractivity contribution in [2.75, 3.05) is 92.5 Å². The Hall–Kier alpha value is -5.01. The molecule has 2 aliphatic heterocycles. The molecule has 2 heterocycles. The minimum Gasteiger partial charge on any atom is -0.494 e. The van der Waals surface area contributed by atoms with Crippen molar-refractivity contribution in [3.8, 4) is 56.4 Å². The predicted octanol–water partition coefficient (Wildman–Crippen LogP) is 8.81. The number of fused-ring (bicyclic) bond motifs is 2. The van der Waals surface area contributed by atoms with Gasteiger partial charge in [-0.15, -0.1) is 0 Å². The predicted molar refractivity (Wildman–Crippen MR) is 314 cm³/mol. The van der Waals surface area contributed by atoms with Gasteiger partial charge in [-0.1, -0.05) is 72.8 Å². The quantitative estimate of drug-likeness (QED) is 0.0861. The van der Waals surface area contributed by atoms with Crippen molar-refractivity contribution in [1.82, 2.24) is 0 Å². The first kappa shape index (κ1) is 65.5. The number of rotatable bonds is 12. The maximum Gasteiger partial charge on any atom is 0.182 e. The fourth-order valence-corrected chi connectivity index (χ4v) is 11.7. The maximum atomic E-state index is 10.6. The molecule has 0 aromatic heterocycles. The molecule has 8 rings (SSSR count). The smallest absolute Gasteiger partial charge is 0.182 e. The lowest BCUT2D eigenvalue weighted by atomic mass is 9.86. The molecular weight excluding hydrogens is 1030 g/mol. The van der Waals surface area contributed by atoms with E-state index in [1.54, 1.807) is 0 Å². The Kier molecular flexibility index (Phi) is 27.6. The van der Waals surface area contributed by atoms with Gasteiger partial charge in [-0.25, -0.2) is 0 Å². The van der Waals surface area contributed by atoms with Gasteiger partial charge in [0.15, 0.2) is 16.6 Å². The number of hydrogen-bond acceptors (Lipinski definition) is 12. The van der Waals surface area contributed by atoms with E-state index in [0.717, 1.165) is 117 Å². The standard InChI is InChI=1S/C60H78O12Si2.4H2O/c1-73(2,61)39-13-27-69-55-19-11-25-67-49-23-21-47-41-53(45-15-7-5-8-16-45)59-57(51(47)43-49)58-52-44-50(68-26-12-20-56(55)70-28-14-40-74(3,4)62)24-22-48(52)42-54(46-17-9-6-10-18-46)60(58)72-38-36-66-34-32-64-30-29-63-31-33-65-35-37-71-59;;;;/h5-10,15-18,21-24,41-44,55-56,61-62H,11-14,19-20,25-40H2,1-4H3;4*1H2/t55-,56-;;;;/m1..../s1. The molecular formula is C60H86O16Si2. The maximum absolute atomic E-state index is 10.6. The van der Waals surface area contributed by atoms with Gasteiger partial charge in [-0.2, -0.15) is 0 Å². The second kappa shape index (κ2) is 32.9. The van der Waals surface area contributed by atoms with Crippen LogP contribution in [0.4, 0.5) is 0 Å². The molecule has 0 aliphatic carbocycles. The Morgan fingerprint density at radius 1 is 0.436 bits per heavy atom. The Bertz CT molecular complexity index is 2480. The van der Waals surface area contributed by atoms with E-state index < -0.39 is 16.6 Å². The van der Waals surface area contributed by atoms with Crippen LogP contribution in [0.3, 0.4) is 0 Å². The third-order valence-corrected chi connectivity index (χ3v) is 16.5. The van der Waals surface area contributed by atoms with E-state index in [1.807, 2.05) is 38.3 Å². The third kappa shape index (κ3) is 19.4. The highest BCUT2D eigenvalue weighted by Crippen LogP contribution is 2.53. The summed E-state index contributed by atoms with van der Waals surface area (Å²) in [4.78, 5) is 21.3. The van der Waals surface area contributed by atoms with Crippen molar-refractivity contribution in [1.29, 1.82) is 0 Å². The summed E-state index contributed by atoms with van der Waals surface area (Å²) in [6, 6.07) is 39.4. The third-order valence-electron chi connectivity index (χ3n) is 13.4. The van der Waals surface area contributed by atoms with E-state index >= 15 is 0 Å². The first-order valence-electron chi connectivity index (χ1n) is 26.8. The molecule has 0 saturated carbocycles. The van der Waals surface area contributed by atoms with Crippen LogP contribution in [0.1, 0.15) is 38.5 Å². The first-order chi connectivity index (χ1) is 36.0. The summed E-state index contributed by atoms with van der Waals surface area (Å²) in [6.07, 6.45) is 4.10. The molecule has 2 aliphatic rings. The van der Waals surface area contributed by atoms with Gasteiger partial charge in [-0.3, -0.25) is 0 Å². The molecule has 78 heavy (non-hydrogen) atoms. The Morgan fingerprint density at radius 3 is 1.15 bits per heavy atom. The summed E-state index contributed by atoms with van der Waals surface area (Å²) in [5.74, 6) is 2.85. The van der Waals surface area contributed by atoms with Crippen LogP contribution in [-0.4, -0.2) is 153 Å². The van der Waals surface area contributed by atoms with E-state index in [0.29, 0.717) is 90.8 Å². The zero-order chi connectivity index (χ0) is 51.6. The molecule has 0 radical (unpaired) electrons. The van der Waals surface area contributed by atoms with E-state index in [4.69, 9.17) is 47.4 Å². The van der Waals surface area contributed by atoms with Gasteiger partial charge in [0, 0.05) is 35.5 Å². The molecule has 6 aromatic rings. The van der Waals surface area contributed by atoms with E-state index in [9.17, 15) is 9.59 Å². The van der Waals surface area contributed by atoms with Gasteiger partial charge in [0.1, 0.15) is 36.2 Å². The fourth-order valence-electron chi connectivity index (χ4n) is 9.70. The normalized spacial score (nSPS) is 17.5. The molecule has 10 N–H and O–H groups in total. The Morgan fingerprint density at radius 2 is 0.795 bits per heavy atom. The topological polar surface area (TPSA) is 259 Å². The van der Waals surface area contributed by atoms with Crippen LogP contribution in [0.25, 0.3) is 54.9 Å². The zero-order valence-corrected chi connectivity index (χ0v) is 48.1. The molecule has 0 fully saturated rings. The Labute approximate surface area is 462 Å². The molecule has 4 bridgehead atoms. The summed E-state index contributed by atoms with van der Waals surface area (Å²) < 4.78 is 64.9. The van der Waals surface area contributed by atoms with Crippen molar-refractivity contribution in [2.24, 2.45) is 0 Å². The lowest BCUT2D eigenvalue weighted by Gasteiger charge is -2.29. The van der Waals surface area contributed by atoms with Crippen LogP contribution >= 0.6 is 0 Å². The summed E-state index contributed by atoms with van der Waals surface area (Å²) in [5.41, 5.74) is 5.62. The van der Waals surface area contributed by atoms with Gasteiger partial charge in [0.25, 0.3) is 0 Å². The molecule has 0 spiro atoms. The van der Waals surface area contributed by atoms with Crippen molar-refractivity contribution in [3.05, 3.63) is 109 Å². The number of ether oxygens (including phenoxy) is 10. The van der Waals surface area contributed by atoms with Gasteiger partial charge in [0.05, 0.1) is 78.3 Å². The van der Waals surface area contributed by atoms with Crippen LogP contribution in [0.5, 0.6) is 23.0 Å². The van der Waals surface area contributed by atoms with Crippen LogP contribution in [0.2, 0.25) is 38.3 Å². The molecule has 0 saturated heterocycles. The zero-order valence-electron chi connectivity index (χ0n) is 46.1. The SMILES string of the molecule is C[Si](C)(O)CCCO[C@@H]1CCCOc2ccc3cc(-c4ccccc4)c4c(c3c2)-c2c(c(-c3ccccc3)cc3ccc(cc23)OCCC[C@H]1OCCC[Si](C)(C)O)OCCOCCOCCOCCOCCO4.O.O.O.O. The number of hydrogen-bond donors (Lipinski definition) is 2. The van der Waals surface area contributed by atoms with Crippen LogP contribution < -0.4 is 18.9 Å². The summed E-state index contributed by atoms with van der Waals surface area (Å²) in [6.45, 7) is 13.8. The lowest BCUT2D eigenvalue weighted by Crippen LogP contribution is -2.34. The molecule has 0 amide bonds. The lowest BCUT2D eigenvalue weighted by molar-refractivity contribution is -0.0823. The minimum atomic E-state index is -2.23. The van der Waals surface area contributed by atoms with Gasteiger partial charge < -0.3 is 78.9 Å². The second-order valence-electron chi connectivity index (χ2n) is 20.5. The fraction of sp³-hybridized carbons (Fsp3) is 0.467. The highest BCUT2D eigenvalue weighted by molar-refractivity contribution is 6.70. The average molecular weight is 1120 g/mol. The first-order valence-corrected chi connectivity index (χ1v) is 33.1. The van der Waals surface area contributed by atoms with Gasteiger partial charge in [-0.05, 0) is 146 Å². The molecule has 0 unspecified atom stereocenters. The molecule has 2 atom stereocenters. The molecule has 16 nitrogen and oxygen atoms in total. The monoisotopic (exact) mass is 1120 g/mol. The van der Waals surface area contributed by atoms with E-state index in [2.05, 4.69) is 97.1 Å². The van der Waals surface area contributed by atoms with Crippen molar-refractivity contribution < 1.29 is 78.9 Å². The van der Waals surface area contributed by atoms with Crippen molar-refractivity contribution >= 4 is 38.2 Å². The van der Waals surface area contributed by atoms with Gasteiger partial charge in [0.2, 0.25) is 0 Å². The Balaban J connectivity index is 0.00000328. The van der Waals surface area contributed by atoms with E-state index in [1.165, 1.54) is 0 Å². The van der Waals surface area contributed by atoms with Crippen LogP contribution in [0.15, 0.2) is 109 Å². The van der Waals surface area contributed by atoms with Crippen LogP contribution in [-0.2, 0) is 28.4 Å². The largest absolute Gasteiger partial charge is 0.494 e.